The van der Waals surface area contributed by atoms with E-state index < -0.39 is 0 Å². The van der Waals surface area contributed by atoms with Gasteiger partial charge in [-0.3, -0.25) is 4.68 Å². The number of likely N-dealkylation sites (N-methyl/N-ethyl adjacent to an activating group) is 1. The number of nitrogens with one attached hydrogen (secondary N) is 1. The van der Waals surface area contributed by atoms with Gasteiger partial charge in [0.15, 0.2) is 0 Å². The van der Waals surface area contributed by atoms with E-state index in [1.807, 2.05) is 48.1 Å². The van der Waals surface area contributed by atoms with E-state index >= 15 is 0 Å². The van der Waals surface area contributed by atoms with Crippen molar-refractivity contribution in [3.63, 3.8) is 0 Å². The average Bonchev–Trinajstić information content (AvgIpc) is 3.05. The van der Waals surface area contributed by atoms with Crippen LogP contribution in [-0.2, 0) is 19.5 Å². The topological polar surface area (TPSA) is 59.4 Å². The molecule has 6 nitrogen and oxygen atoms in total. The summed E-state index contributed by atoms with van der Waals surface area (Å²) in [4.78, 5) is 13.8. The molecule has 2 rings (SSSR count). The summed E-state index contributed by atoms with van der Waals surface area (Å²) in [6, 6.07) is 9.67. The van der Waals surface area contributed by atoms with E-state index in [4.69, 9.17) is 4.74 Å². The SMILES string of the molecule is CCn1ccc(CNC(=O)N(C)CCc2ccccc2OC)n1. The van der Waals surface area contributed by atoms with E-state index in [0.717, 1.165) is 30.0 Å². The van der Waals surface area contributed by atoms with Crippen LogP contribution in [-0.4, -0.2) is 41.4 Å². The third-order valence-electron chi connectivity index (χ3n) is 3.70. The molecule has 6 heteroatoms. The Morgan fingerprint density at radius 2 is 2.13 bits per heavy atom. The Labute approximate surface area is 137 Å². The molecule has 23 heavy (non-hydrogen) atoms. The number of methoxy groups -OCH3 is 1. The second-order valence-electron chi connectivity index (χ2n) is 5.30. The molecule has 2 amide bonds. The number of benzene rings is 1. The Morgan fingerprint density at radius 1 is 1.35 bits per heavy atom. The lowest BCUT2D eigenvalue weighted by molar-refractivity contribution is 0.208. The summed E-state index contributed by atoms with van der Waals surface area (Å²) < 4.78 is 7.17. The molecule has 1 N–H and O–H groups in total. The minimum atomic E-state index is -0.106. The number of hydrogen-bond donors (Lipinski definition) is 1. The summed E-state index contributed by atoms with van der Waals surface area (Å²) in [7, 11) is 3.44. The van der Waals surface area contributed by atoms with Crippen molar-refractivity contribution in [3.05, 3.63) is 47.8 Å². The molecule has 0 aliphatic rings. The molecule has 1 aromatic heterocycles. The van der Waals surface area contributed by atoms with Gasteiger partial charge in [0.05, 0.1) is 19.3 Å². The summed E-state index contributed by atoms with van der Waals surface area (Å²) in [6.45, 7) is 3.91. The highest BCUT2D eigenvalue weighted by Crippen LogP contribution is 2.17. The molecule has 0 atom stereocenters. The largest absolute Gasteiger partial charge is 0.496 e. The van der Waals surface area contributed by atoms with Gasteiger partial charge < -0.3 is 15.0 Å². The van der Waals surface area contributed by atoms with Gasteiger partial charge in [0.2, 0.25) is 0 Å². The fourth-order valence-electron chi connectivity index (χ4n) is 2.27. The lowest BCUT2D eigenvalue weighted by Crippen LogP contribution is -2.38. The maximum absolute atomic E-state index is 12.1. The van der Waals surface area contributed by atoms with Gasteiger partial charge in [0.1, 0.15) is 5.75 Å². The highest BCUT2D eigenvalue weighted by atomic mass is 16.5. The fraction of sp³-hybridized carbons (Fsp3) is 0.412. The summed E-state index contributed by atoms with van der Waals surface area (Å²) in [5.74, 6) is 0.853. The van der Waals surface area contributed by atoms with Crippen molar-refractivity contribution in [3.8, 4) is 5.75 Å². The monoisotopic (exact) mass is 316 g/mol. The molecule has 0 bridgehead atoms. The summed E-state index contributed by atoms with van der Waals surface area (Å²) in [5.41, 5.74) is 1.95. The number of rotatable bonds is 7. The van der Waals surface area contributed by atoms with E-state index in [-0.39, 0.29) is 6.03 Å². The third-order valence-corrected chi connectivity index (χ3v) is 3.70. The predicted octanol–water partition coefficient (Wildman–Crippen LogP) is 2.30. The molecular formula is C17H24N4O2. The predicted molar refractivity (Wildman–Crippen MR) is 89.5 cm³/mol. The van der Waals surface area contributed by atoms with E-state index in [1.54, 1.807) is 19.1 Å². The van der Waals surface area contributed by atoms with Crippen molar-refractivity contribution in [1.82, 2.24) is 20.0 Å². The van der Waals surface area contributed by atoms with E-state index in [9.17, 15) is 4.79 Å². The first-order chi connectivity index (χ1) is 11.1. The number of carbonyl (C=O) groups is 1. The number of urea groups is 1. The van der Waals surface area contributed by atoms with Gasteiger partial charge in [0, 0.05) is 26.3 Å². The molecule has 0 aliphatic carbocycles. The third kappa shape index (κ3) is 4.74. The minimum absolute atomic E-state index is 0.106. The lowest BCUT2D eigenvalue weighted by atomic mass is 10.1. The first kappa shape index (κ1) is 16.9. The van der Waals surface area contributed by atoms with Crippen molar-refractivity contribution in [2.75, 3.05) is 20.7 Å². The van der Waals surface area contributed by atoms with Crippen LogP contribution in [0.15, 0.2) is 36.5 Å². The molecule has 1 heterocycles. The van der Waals surface area contributed by atoms with Gasteiger partial charge in [-0.25, -0.2) is 4.79 Å². The molecule has 0 saturated carbocycles. The summed E-state index contributed by atoms with van der Waals surface area (Å²) in [5, 5.41) is 7.22. The molecule has 124 valence electrons. The van der Waals surface area contributed by atoms with Gasteiger partial charge in [-0.2, -0.15) is 5.10 Å². The highest BCUT2D eigenvalue weighted by molar-refractivity contribution is 5.73. The maximum Gasteiger partial charge on any atom is 0.317 e. The number of para-hydroxylation sites is 1. The van der Waals surface area contributed by atoms with Crippen LogP contribution >= 0.6 is 0 Å². The van der Waals surface area contributed by atoms with Gasteiger partial charge in [-0.05, 0) is 31.0 Å². The molecule has 0 unspecified atom stereocenters. The number of amides is 2. The van der Waals surface area contributed by atoms with Crippen LogP contribution in [0.4, 0.5) is 4.79 Å². The van der Waals surface area contributed by atoms with Gasteiger partial charge in [-0.15, -0.1) is 0 Å². The Balaban J connectivity index is 1.80. The van der Waals surface area contributed by atoms with Crippen molar-refractivity contribution < 1.29 is 9.53 Å². The van der Waals surface area contributed by atoms with E-state index in [1.165, 1.54) is 0 Å². The zero-order valence-electron chi connectivity index (χ0n) is 14.0. The van der Waals surface area contributed by atoms with Crippen LogP contribution in [0.2, 0.25) is 0 Å². The zero-order chi connectivity index (χ0) is 16.7. The number of aromatic nitrogens is 2. The number of nitrogens with zero attached hydrogens (tertiary/aromatic N) is 3. The number of aryl methyl sites for hydroxylation is 1. The lowest BCUT2D eigenvalue weighted by Gasteiger charge is -2.18. The van der Waals surface area contributed by atoms with Gasteiger partial charge in [0.25, 0.3) is 0 Å². The van der Waals surface area contributed by atoms with Gasteiger partial charge in [-0.1, -0.05) is 18.2 Å². The van der Waals surface area contributed by atoms with Crippen LogP contribution < -0.4 is 10.1 Å². The van der Waals surface area contributed by atoms with Crippen molar-refractivity contribution in [1.29, 1.82) is 0 Å². The molecule has 0 spiro atoms. The van der Waals surface area contributed by atoms with Crippen molar-refractivity contribution in [2.24, 2.45) is 0 Å². The zero-order valence-corrected chi connectivity index (χ0v) is 14.0. The fourth-order valence-corrected chi connectivity index (χ4v) is 2.27. The van der Waals surface area contributed by atoms with Crippen molar-refractivity contribution >= 4 is 6.03 Å². The molecule has 0 radical (unpaired) electrons. The molecule has 0 saturated heterocycles. The Morgan fingerprint density at radius 3 is 2.83 bits per heavy atom. The average molecular weight is 316 g/mol. The first-order valence-electron chi connectivity index (χ1n) is 7.77. The number of carbonyl (C=O) groups excluding carboxylic acids is 1. The second kappa shape index (κ2) is 8.22. The van der Waals surface area contributed by atoms with E-state index in [0.29, 0.717) is 13.1 Å². The second-order valence-corrected chi connectivity index (χ2v) is 5.30. The summed E-state index contributed by atoms with van der Waals surface area (Å²) in [6.07, 6.45) is 2.66. The molecule has 2 aromatic rings. The van der Waals surface area contributed by atoms with Crippen molar-refractivity contribution in [2.45, 2.75) is 26.4 Å². The molecule has 0 aliphatic heterocycles. The van der Waals surface area contributed by atoms with Crippen LogP contribution in [0, 0.1) is 0 Å². The van der Waals surface area contributed by atoms with Gasteiger partial charge >= 0.3 is 6.03 Å². The smallest absolute Gasteiger partial charge is 0.317 e. The Kier molecular flexibility index (Phi) is 6.02. The number of hydrogen-bond acceptors (Lipinski definition) is 3. The van der Waals surface area contributed by atoms with Crippen LogP contribution in [0.1, 0.15) is 18.2 Å². The van der Waals surface area contributed by atoms with Crippen LogP contribution in [0.3, 0.4) is 0 Å². The first-order valence-corrected chi connectivity index (χ1v) is 7.77. The number of ether oxygens (including phenoxy) is 1. The summed E-state index contributed by atoms with van der Waals surface area (Å²) >= 11 is 0. The molecule has 0 fully saturated rings. The standard InChI is InChI=1S/C17H24N4O2/c1-4-21-12-10-15(19-21)13-18-17(22)20(2)11-9-14-7-5-6-8-16(14)23-3/h5-8,10,12H,4,9,11,13H2,1-3H3,(H,18,22). The maximum atomic E-state index is 12.1. The molecular weight excluding hydrogens is 292 g/mol. The normalized spacial score (nSPS) is 10.4. The Hall–Kier alpha value is -2.50. The quantitative estimate of drug-likeness (QED) is 0.852. The minimum Gasteiger partial charge on any atom is -0.496 e. The Bertz CT molecular complexity index is 639. The van der Waals surface area contributed by atoms with E-state index in [2.05, 4.69) is 10.4 Å². The molecule has 1 aromatic carbocycles. The highest BCUT2D eigenvalue weighted by Gasteiger charge is 2.10. The van der Waals surface area contributed by atoms with Crippen LogP contribution in [0.25, 0.3) is 0 Å². The van der Waals surface area contributed by atoms with Crippen LogP contribution in [0.5, 0.6) is 5.75 Å².